The Morgan fingerprint density at radius 1 is 0.903 bits per heavy atom. The standard InChI is InChI=1S/C21H40N6O4/c1-6-18(29)26-16(10-13(2)3)20(31)27-17(11-14(4)5)19(30)25-15(12-28)8-7-9-24-21(22)23/h12-17H,6-11H2,1-5H3,(H,25,30)(H,26,29)(H,27,31)(H4,22,23,24). The van der Waals surface area contributed by atoms with Gasteiger partial charge in [0.15, 0.2) is 5.96 Å². The summed E-state index contributed by atoms with van der Waals surface area (Å²) in [4.78, 5) is 52.7. The van der Waals surface area contributed by atoms with E-state index in [4.69, 9.17) is 11.5 Å². The lowest BCUT2D eigenvalue weighted by molar-refractivity contribution is -0.133. The largest absolute Gasteiger partial charge is 0.370 e. The van der Waals surface area contributed by atoms with E-state index in [1.54, 1.807) is 6.92 Å². The monoisotopic (exact) mass is 440 g/mol. The molecule has 0 spiro atoms. The van der Waals surface area contributed by atoms with Crippen molar-refractivity contribution >= 4 is 30.0 Å². The molecule has 3 amide bonds. The minimum atomic E-state index is -0.819. The van der Waals surface area contributed by atoms with Gasteiger partial charge >= 0.3 is 0 Å². The molecule has 3 atom stereocenters. The molecule has 3 unspecified atom stereocenters. The van der Waals surface area contributed by atoms with Crippen LogP contribution < -0.4 is 27.4 Å². The molecule has 0 heterocycles. The lowest BCUT2D eigenvalue weighted by Gasteiger charge is -2.26. The molecule has 0 fully saturated rings. The molecule has 0 aromatic heterocycles. The first-order valence-electron chi connectivity index (χ1n) is 10.9. The summed E-state index contributed by atoms with van der Waals surface area (Å²) in [6.07, 6.45) is 2.66. The van der Waals surface area contributed by atoms with Gasteiger partial charge in [-0.3, -0.25) is 19.4 Å². The van der Waals surface area contributed by atoms with E-state index in [2.05, 4.69) is 20.9 Å². The van der Waals surface area contributed by atoms with Crippen LogP contribution in [0.1, 0.15) is 66.7 Å². The molecule has 0 radical (unpaired) electrons. The van der Waals surface area contributed by atoms with Gasteiger partial charge in [-0.15, -0.1) is 0 Å². The van der Waals surface area contributed by atoms with E-state index in [1.165, 1.54) is 0 Å². The Hall–Kier alpha value is -2.65. The van der Waals surface area contributed by atoms with Gasteiger partial charge < -0.3 is 32.2 Å². The van der Waals surface area contributed by atoms with Crippen LogP contribution in [-0.4, -0.2) is 54.6 Å². The second-order valence-corrected chi connectivity index (χ2v) is 8.49. The van der Waals surface area contributed by atoms with Gasteiger partial charge in [-0.05, 0) is 37.5 Å². The highest BCUT2D eigenvalue weighted by Crippen LogP contribution is 2.10. The number of nitrogens with one attached hydrogen (secondary N) is 3. The third-order valence-corrected chi connectivity index (χ3v) is 4.48. The highest BCUT2D eigenvalue weighted by Gasteiger charge is 2.28. The molecule has 0 aliphatic rings. The predicted octanol–water partition coefficient (Wildman–Crippen LogP) is 0.196. The Labute approximate surface area is 185 Å². The number of guanidine groups is 1. The Balaban J connectivity index is 5.16. The highest BCUT2D eigenvalue weighted by atomic mass is 16.2. The highest BCUT2D eigenvalue weighted by molar-refractivity contribution is 5.92. The van der Waals surface area contributed by atoms with Gasteiger partial charge in [-0.25, -0.2) is 0 Å². The summed E-state index contributed by atoms with van der Waals surface area (Å²) in [5.74, 6) is -0.806. The van der Waals surface area contributed by atoms with Crippen LogP contribution in [0, 0.1) is 11.8 Å². The Morgan fingerprint density at radius 3 is 1.87 bits per heavy atom. The molecule has 10 heteroatoms. The minimum Gasteiger partial charge on any atom is -0.370 e. The molecule has 0 aliphatic heterocycles. The van der Waals surface area contributed by atoms with Crippen molar-refractivity contribution in [2.24, 2.45) is 28.3 Å². The number of aldehydes is 1. The summed E-state index contributed by atoms with van der Waals surface area (Å²) in [6, 6.07) is -2.25. The van der Waals surface area contributed by atoms with Crippen molar-refractivity contribution in [2.45, 2.75) is 84.8 Å². The van der Waals surface area contributed by atoms with Gasteiger partial charge in [0.2, 0.25) is 17.7 Å². The normalized spacial score (nSPS) is 13.8. The predicted molar refractivity (Wildman–Crippen MR) is 121 cm³/mol. The van der Waals surface area contributed by atoms with Crippen LogP contribution in [0.25, 0.3) is 0 Å². The first-order valence-corrected chi connectivity index (χ1v) is 10.9. The summed E-state index contributed by atoms with van der Waals surface area (Å²) < 4.78 is 0. The third kappa shape index (κ3) is 13.3. The van der Waals surface area contributed by atoms with Gasteiger partial charge in [-0.1, -0.05) is 34.6 Å². The van der Waals surface area contributed by atoms with Crippen molar-refractivity contribution in [3.63, 3.8) is 0 Å². The summed E-state index contributed by atoms with van der Waals surface area (Å²) in [5, 5.41) is 8.15. The maximum Gasteiger partial charge on any atom is 0.243 e. The van der Waals surface area contributed by atoms with E-state index in [0.717, 1.165) is 0 Å². The fraction of sp³-hybridized carbons (Fsp3) is 0.762. The first kappa shape index (κ1) is 28.4. The minimum absolute atomic E-state index is 0.0301. The van der Waals surface area contributed by atoms with Gasteiger partial charge in [0.1, 0.15) is 18.4 Å². The Morgan fingerprint density at radius 2 is 1.42 bits per heavy atom. The Bertz CT molecular complexity index is 617. The van der Waals surface area contributed by atoms with E-state index in [-0.39, 0.29) is 30.1 Å². The fourth-order valence-corrected chi connectivity index (χ4v) is 2.95. The molecule has 0 aliphatic carbocycles. The number of amides is 3. The van der Waals surface area contributed by atoms with Gasteiger partial charge in [0.25, 0.3) is 0 Å². The third-order valence-electron chi connectivity index (χ3n) is 4.48. The molecule has 0 saturated carbocycles. The Kier molecular flexibility index (Phi) is 13.9. The van der Waals surface area contributed by atoms with Crippen LogP contribution in [0.2, 0.25) is 0 Å². The summed E-state index contributed by atoms with van der Waals surface area (Å²) >= 11 is 0. The van der Waals surface area contributed by atoms with Crippen LogP contribution in [0.5, 0.6) is 0 Å². The zero-order valence-corrected chi connectivity index (χ0v) is 19.4. The van der Waals surface area contributed by atoms with Crippen LogP contribution in [-0.2, 0) is 19.2 Å². The fourth-order valence-electron chi connectivity index (χ4n) is 2.95. The number of rotatable bonds is 15. The lowest BCUT2D eigenvalue weighted by atomic mass is 9.99. The average Bonchev–Trinajstić information content (AvgIpc) is 2.67. The first-order chi connectivity index (χ1) is 14.5. The molecule has 0 aromatic carbocycles. The van der Waals surface area contributed by atoms with Gasteiger partial charge in [0.05, 0.1) is 6.04 Å². The maximum absolute atomic E-state index is 12.8. The molecule has 0 aromatic rings. The van der Waals surface area contributed by atoms with E-state index in [0.29, 0.717) is 38.5 Å². The topological polar surface area (TPSA) is 169 Å². The number of hydrogen-bond donors (Lipinski definition) is 5. The summed E-state index contributed by atoms with van der Waals surface area (Å²) in [7, 11) is 0. The van der Waals surface area contributed by atoms with Crippen molar-refractivity contribution in [3.8, 4) is 0 Å². The SMILES string of the molecule is CCC(=O)NC(CC(C)C)C(=O)NC(CC(C)C)C(=O)NC(C=O)CCCN=C(N)N. The zero-order valence-electron chi connectivity index (χ0n) is 19.4. The van der Waals surface area contributed by atoms with E-state index >= 15 is 0 Å². The van der Waals surface area contributed by atoms with Crippen molar-refractivity contribution < 1.29 is 19.2 Å². The van der Waals surface area contributed by atoms with Crippen LogP contribution in [0.15, 0.2) is 4.99 Å². The average molecular weight is 441 g/mol. The second-order valence-electron chi connectivity index (χ2n) is 8.49. The molecular weight excluding hydrogens is 400 g/mol. The van der Waals surface area contributed by atoms with Gasteiger partial charge in [0, 0.05) is 13.0 Å². The van der Waals surface area contributed by atoms with Crippen LogP contribution >= 0.6 is 0 Å². The van der Waals surface area contributed by atoms with Crippen molar-refractivity contribution in [2.75, 3.05) is 6.54 Å². The molecule has 31 heavy (non-hydrogen) atoms. The van der Waals surface area contributed by atoms with Crippen LogP contribution in [0.4, 0.5) is 0 Å². The molecular formula is C21H40N6O4. The number of nitrogens with two attached hydrogens (primary N) is 2. The van der Waals surface area contributed by atoms with Gasteiger partial charge in [-0.2, -0.15) is 0 Å². The number of hydrogen-bond acceptors (Lipinski definition) is 5. The van der Waals surface area contributed by atoms with E-state index < -0.39 is 29.9 Å². The van der Waals surface area contributed by atoms with E-state index in [9.17, 15) is 19.2 Å². The zero-order chi connectivity index (χ0) is 24.0. The summed E-state index contributed by atoms with van der Waals surface area (Å²) in [5.41, 5.74) is 10.5. The van der Waals surface area contributed by atoms with Crippen molar-refractivity contribution in [3.05, 3.63) is 0 Å². The number of nitrogens with zero attached hydrogens (tertiary/aromatic N) is 1. The second kappa shape index (κ2) is 15.2. The molecule has 10 nitrogen and oxygen atoms in total. The maximum atomic E-state index is 12.8. The van der Waals surface area contributed by atoms with Crippen molar-refractivity contribution in [1.82, 2.24) is 16.0 Å². The molecule has 0 saturated heterocycles. The molecule has 178 valence electrons. The van der Waals surface area contributed by atoms with Crippen LogP contribution in [0.3, 0.4) is 0 Å². The molecule has 0 bridgehead atoms. The van der Waals surface area contributed by atoms with E-state index in [1.807, 2.05) is 27.7 Å². The number of aliphatic imine (C=N–C) groups is 1. The van der Waals surface area contributed by atoms with Crippen molar-refractivity contribution in [1.29, 1.82) is 0 Å². The lowest BCUT2D eigenvalue weighted by Crippen LogP contribution is -2.55. The quantitative estimate of drug-likeness (QED) is 0.105. The summed E-state index contributed by atoms with van der Waals surface area (Å²) in [6.45, 7) is 9.83. The molecule has 7 N–H and O–H groups in total. The number of carbonyl (C=O) groups is 4. The number of carbonyl (C=O) groups excluding carboxylic acids is 4. The smallest absolute Gasteiger partial charge is 0.243 e. The molecule has 0 rings (SSSR count).